The van der Waals surface area contributed by atoms with Crippen LogP contribution in [0.25, 0.3) is 0 Å². The number of nitrogen functional groups attached to an aromatic ring is 1. The molecule has 5 N–H and O–H groups in total. The first kappa shape index (κ1) is 15.1. The Morgan fingerprint density at radius 2 is 1.95 bits per heavy atom. The molecule has 1 amide bonds. The molecule has 0 saturated heterocycles. The molecule has 8 heteroatoms. The molecule has 1 aromatic heterocycles. The molecule has 0 unspecified atom stereocenters. The van der Waals surface area contributed by atoms with Crippen molar-refractivity contribution in [3.05, 3.63) is 17.7 Å². The fourth-order valence-electron chi connectivity index (χ4n) is 1.20. The molecule has 0 aliphatic heterocycles. The molecule has 5 nitrogen and oxygen atoms in total. The van der Waals surface area contributed by atoms with Crippen molar-refractivity contribution in [3.63, 3.8) is 0 Å². The van der Waals surface area contributed by atoms with Crippen LogP contribution in [0.3, 0.4) is 0 Å². The Morgan fingerprint density at radius 3 is 2.42 bits per heavy atom. The second-order valence-corrected chi connectivity index (χ2v) is 4.77. The minimum absolute atomic E-state index is 0.0517. The molecule has 0 spiro atoms. The maximum Gasteiger partial charge on any atom is 0.416 e. The number of nitrogens with zero attached hydrogens (tertiary/aromatic N) is 1. The van der Waals surface area contributed by atoms with Crippen LogP contribution < -0.4 is 16.8 Å². The quantitative estimate of drug-likeness (QED) is 0.778. The lowest BCUT2D eigenvalue weighted by molar-refractivity contribution is -0.137. The summed E-state index contributed by atoms with van der Waals surface area (Å²) >= 11 is 0. The summed E-state index contributed by atoms with van der Waals surface area (Å²) in [7, 11) is 0. The number of pyridine rings is 1. The Labute approximate surface area is 108 Å². The second-order valence-electron chi connectivity index (χ2n) is 4.77. The Kier molecular flexibility index (Phi) is 3.92. The monoisotopic (exact) mass is 276 g/mol. The van der Waals surface area contributed by atoms with Crippen LogP contribution in [0.4, 0.5) is 24.8 Å². The van der Waals surface area contributed by atoms with E-state index in [1.165, 1.54) is 0 Å². The molecule has 19 heavy (non-hydrogen) atoms. The van der Waals surface area contributed by atoms with Crippen molar-refractivity contribution < 1.29 is 18.0 Å². The number of hydrogen-bond donors (Lipinski definition) is 3. The van der Waals surface area contributed by atoms with Gasteiger partial charge in [-0.25, -0.2) is 4.98 Å². The van der Waals surface area contributed by atoms with E-state index in [0.717, 1.165) is 12.1 Å². The van der Waals surface area contributed by atoms with E-state index in [-0.39, 0.29) is 18.2 Å². The molecule has 1 rings (SSSR count). The highest BCUT2D eigenvalue weighted by Crippen LogP contribution is 2.31. The molecule has 0 fully saturated rings. The van der Waals surface area contributed by atoms with Crippen LogP contribution in [0.15, 0.2) is 12.1 Å². The zero-order valence-corrected chi connectivity index (χ0v) is 10.5. The molecular formula is C11H15F3N4O. The fourth-order valence-corrected chi connectivity index (χ4v) is 1.20. The smallest absolute Gasteiger partial charge is 0.384 e. The van der Waals surface area contributed by atoms with E-state index >= 15 is 0 Å². The van der Waals surface area contributed by atoms with Crippen molar-refractivity contribution in [3.8, 4) is 0 Å². The number of anilines is 2. The third-order valence-electron chi connectivity index (χ3n) is 2.55. The van der Waals surface area contributed by atoms with Gasteiger partial charge < -0.3 is 16.8 Å². The van der Waals surface area contributed by atoms with Crippen molar-refractivity contribution in [2.75, 3.05) is 17.6 Å². The summed E-state index contributed by atoms with van der Waals surface area (Å²) in [6.45, 7) is 3.19. The van der Waals surface area contributed by atoms with Crippen molar-refractivity contribution in [1.82, 2.24) is 4.98 Å². The Morgan fingerprint density at radius 1 is 1.37 bits per heavy atom. The number of primary amides is 1. The molecular weight excluding hydrogens is 261 g/mol. The van der Waals surface area contributed by atoms with Gasteiger partial charge in [0.05, 0.1) is 11.0 Å². The molecule has 0 radical (unpaired) electrons. The van der Waals surface area contributed by atoms with Crippen molar-refractivity contribution in [2.45, 2.75) is 20.0 Å². The van der Waals surface area contributed by atoms with E-state index in [1.54, 1.807) is 13.8 Å². The topological polar surface area (TPSA) is 94.0 Å². The van der Waals surface area contributed by atoms with Crippen LogP contribution >= 0.6 is 0 Å². The van der Waals surface area contributed by atoms with E-state index < -0.39 is 23.1 Å². The van der Waals surface area contributed by atoms with Gasteiger partial charge >= 0.3 is 6.18 Å². The lowest BCUT2D eigenvalue weighted by atomic mass is 9.93. The van der Waals surface area contributed by atoms with E-state index in [2.05, 4.69) is 10.3 Å². The summed E-state index contributed by atoms with van der Waals surface area (Å²) in [5, 5.41) is 2.63. The maximum absolute atomic E-state index is 12.6. The number of carbonyl (C=O) groups excluding carboxylic acids is 1. The first-order valence-electron chi connectivity index (χ1n) is 5.41. The number of nitrogens with two attached hydrogens (primary N) is 2. The second kappa shape index (κ2) is 4.94. The summed E-state index contributed by atoms with van der Waals surface area (Å²) in [5.41, 5.74) is 8.66. The molecule has 0 aliphatic carbocycles. The van der Waals surface area contributed by atoms with Gasteiger partial charge in [0.15, 0.2) is 0 Å². The molecule has 0 aliphatic rings. The Hall–Kier alpha value is -1.99. The molecule has 0 bridgehead atoms. The minimum Gasteiger partial charge on any atom is -0.384 e. The van der Waals surface area contributed by atoms with Gasteiger partial charge in [0, 0.05) is 6.54 Å². The van der Waals surface area contributed by atoms with Gasteiger partial charge in [0.2, 0.25) is 5.91 Å². The van der Waals surface area contributed by atoms with Crippen molar-refractivity contribution >= 4 is 17.5 Å². The highest BCUT2D eigenvalue weighted by atomic mass is 19.4. The number of carbonyl (C=O) groups is 1. The number of alkyl halides is 3. The maximum atomic E-state index is 12.6. The Balaban J connectivity index is 2.91. The van der Waals surface area contributed by atoms with Gasteiger partial charge in [0.1, 0.15) is 11.6 Å². The van der Waals surface area contributed by atoms with Gasteiger partial charge in [-0.05, 0) is 26.0 Å². The minimum atomic E-state index is -4.51. The molecule has 1 heterocycles. The van der Waals surface area contributed by atoms with E-state index in [4.69, 9.17) is 11.5 Å². The van der Waals surface area contributed by atoms with Crippen molar-refractivity contribution in [2.24, 2.45) is 11.1 Å². The first-order chi connectivity index (χ1) is 8.52. The molecule has 0 saturated carbocycles. The highest BCUT2D eigenvalue weighted by molar-refractivity contribution is 5.80. The summed E-state index contributed by atoms with van der Waals surface area (Å²) < 4.78 is 37.7. The van der Waals surface area contributed by atoms with Gasteiger partial charge in [-0.2, -0.15) is 13.2 Å². The predicted octanol–water partition coefficient (Wildman–Crippen LogP) is 1.61. The average Bonchev–Trinajstić information content (AvgIpc) is 2.24. The van der Waals surface area contributed by atoms with Gasteiger partial charge in [-0.1, -0.05) is 0 Å². The normalized spacial score (nSPS) is 12.3. The van der Waals surface area contributed by atoms with Gasteiger partial charge in [0.25, 0.3) is 0 Å². The van der Waals surface area contributed by atoms with E-state index in [1.807, 2.05) is 0 Å². The lowest BCUT2D eigenvalue weighted by Crippen LogP contribution is -2.37. The Bertz CT molecular complexity index is 485. The third kappa shape index (κ3) is 4.01. The first-order valence-corrected chi connectivity index (χ1v) is 5.41. The summed E-state index contributed by atoms with van der Waals surface area (Å²) in [6, 6.07) is 1.57. The van der Waals surface area contributed by atoms with Gasteiger partial charge in [-0.3, -0.25) is 4.79 Å². The summed E-state index contributed by atoms with van der Waals surface area (Å²) in [5.74, 6) is -0.879. The lowest BCUT2D eigenvalue weighted by Gasteiger charge is -2.21. The SMILES string of the molecule is CC(C)(CNc1cc(C(F)(F)F)cc(N)n1)C(N)=O. The van der Waals surface area contributed by atoms with Crippen LogP contribution in [0.2, 0.25) is 0 Å². The summed E-state index contributed by atoms with van der Waals surface area (Å²) in [4.78, 5) is 14.8. The van der Waals surface area contributed by atoms with Crippen LogP contribution in [0.1, 0.15) is 19.4 Å². The zero-order chi connectivity index (χ0) is 14.8. The fraction of sp³-hybridized carbons (Fsp3) is 0.455. The number of rotatable bonds is 4. The van der Waals surface area contributed by atoms with Crippen LogP contribution in [0, 0.1) is 5.41 Å². The number of amides is 1. The van der Waals surface area contributed by atoms with Crippen LogP contribution in [-0.4, -0.2) is 17.4 Å². The third-order valence-corrected chi connectivity index (χ3v) is 2.55. The van der Waals surface area contributed by atoms with Crippen LogP contribution in [-0.2, 0) is 11.0 Å². The van der Waals surface area contributed by atoms with Gasteiger partial charge in [-0.15, -0.1) is 0 Å². The molecule has 1 aromatic rings. The number of nitrogens with one attached hydrogen (secondary N) is 1. The number of halogens is 3. The standard InChI is InChI=1S/C11H15F3N4O/c1-10(2,9(16)19)5-17-8-4-6(11(12,13)14)3-7(15)18-8/h3-4H,5H2,1-2H3,(H2,16,19)(H3,15,17,18). The zero-order valence-electron chi connectivity index (χ0n) is 10.5. The average molecular weight is 276 g/mol. The highest BCUT2D eigenvalue weighted by Gasteiger charge is 2.32. The molecule has 106 valence electrons. The largest absolute Gasteiger partial charge is 0.416 e. The van der Waals surface area contributed by atoms with E-state index in [0.29, 0.717) is 0 Å². The number of hydrogen-bond acceptors (Lipinski definition) is 4. The molecule has 0 atom stereocenters. The predicted molar refractivity (Wildman–Crippen MR) is 65.1 cm³/mol. The molecule has 0 aromatic carbocycles. The summed E-state index contributed by atoms with van der Waals surface area (Å²) in [6.07, 6.45) is -4.51. The van der Waals surface area contributed by atoms with Crippen LogP contribution in [0.5, 0.6) is 0 Å². The van der Waals surface area contributed by atoms with E-state index in [9.17, 15) is 18.0 Å². The number of aromatic nitrogens is 1. The van der Waals surface area contributed by atoms with Crippen molar-refractivity contribution in [1.29, 1.82) is 0 Å².